The van der Waals surface area contributed by atoms with Crippen LogP contribution in [0.25, 0.3) is 0 Å². The predicted molar refractivity (Wildman–Crippen MR) is 111 cm³/mol. The minimum absolute atomic E-state index is 0.226. The zero-order chi connectivity index (χ0) is 20.1. The fourth-order valence-corrected chi connectivity index (χ4v) is 3.69. The molecule has 0 aliphatic heterocycles. The number of carbonyl (C=O) groups is 1. The summed E-state index contributed by atoms with van der Waals surface area (Å²) in [5, 5.41) is 6.31. The van der Waals surface area contributed by atoms with Gasteiger partial charge in [-0.05, 0) is 35.2 Å². The Kier molecular flexibility index (Phi) is 5.67. The van der Waals surface area contributed by atoms with Crippen molar-refractivity contribution in [3.05, 3.63) is 111 Å². The standard InChI is InChI=1S/C22H19N3O3S/c26-21-11-10-20(23-25(21)14-17-6-2-1-3-7-17)22(27)24(15-18-8-4-12-28-18)16-19-9-5-13-29-19/h1-13H,14-16H2. The molecule has 0 radical (unpaired) electrons. The van der Waals surface area contributed by atoms with Crippen LogP contribution in [0.15, 0.2) is 87.6 Å². The topological polar surface area (TPSA) is 68.3 Å². The molecule has 0 N–H and O–H groups in total. The zero-order valence-corrected chi connectivity index (χ0v) is 16.4. The van der Waals surface area contributed by atoms with Gasteiger partial charge in [-0.2, -0.15) is 5.10 Å². The average Bonchev–Trinajstić information content (AvgIpc) is 3.44. The second-order valence-corrected chi connectivity index (χ2v) is 7.55. The molecule has 0 saturated carbocycles. The molecule has 0 unspecified atom stereocenters. The van der Waals surface area contributed by atoms with Crippen LogP contribution in [0.4, 0.5) is 0 Å². The molecule has 1 aromatic carbocycles. The lowest BCUT2D eigenvalue weighted by Crippen LogP contribution is -2.33. The number of hydrogen-bond donors (Lipinski definition) is 0. The van der Waals surface area contributed by atoms with Crippen molar-refractivity contribution in [3.63, 3.8) is 0 Å². The molecule has 0 bridgehead atoms. The van der Waals surface area contributed by atoms with Crippen LogP contribution in [0.5, 0.6) is 0 Å². The molecular formula is C22H19N3O3S. The molecule has 4 aromatic rings. The van der Waals surface area contributed by atoms with Crippen LogP contribution in [0.3, 0.4) is 0 Å². The van der Waals surface area contributed by atoms with Gasteiger partial charge in [0.05, 0.1) is 25.9 Å². The Bertz CT molecular complexity index is 1080. The van der Waals surface area contributed by atoms with Crippen molar-refractivity contribution in [2.45, 2.75) is 19.6 Å². The van der Waals surface area contributed by atoms with Gasteiger partial charge in [-0.25, -0.2) is 4.68 Å². The summed E-state index contributed by atoms with van der Waals surface area (Å²) in [4.78, 5) is 28.2. The molecule has 3 heterocycles. The Morgan fingerprint density at radius 2 is 1.86 bits per heavy atom. The molecular weight excluding hydrogens is 386 g/mol. The highest BCUT2D eigenvalue weighted by atomic mass is 32.1. The number of furan rings is 1. The number of hydrogen-bond acceptors (Lipinski definition) is 5. The number of thiophene rings is 1. The van der Waals surface area contributed by atoms with E-state index in [1.54, 1.807) is 28.6 Å². The third kappa shape index (κ3) is 4.70. The third-order valence-corrected chi connectivity index (χ3v) is 5.26. The Balaban J connectivity index is 1.61. The van der Waals surface area contributed by atoms with Crippen molar-refractivity contribution in [1.29, 1.82) is 0 Å². The number of nitrogens with zero attached hydrogens (tertiary/aromatic N) is 3. The van der Waals surface area contributed by atoms with Crippen molar-refractivity contribution in [3.8, 4) is 0 Å². The van der Waals surface area contributed by atoms with E-state index < -0.39 is 0 Å². The second-order valence-electron chi connectivity index (χ2n) is 6.52. The van der Waals surface area contributed by atoms with Crippen LogP contribution in [0, 0.1) is 0 Å². The van der Waals surface area contributed by atoms with E-state index in [0.29, 0.717) is 25.4 Å². The highest BCUT2D eigenvalue weighted by molar-refractivity contribution is 7.09. The van der Waals surface area contributed by atoms with Gasteiger partial charge in [0.2, 0.25) is 0 Å². The molecule has 4 rings (SSSR count). The molecule has 0 fully saturated rings. The molecule has 3 aromatic heterocycles. The van der Waals surface area contributed by atoms with E-state index in [0.717, 1.165) is 10.4 Å². The fourth-order valence-electron chi connectivity index (χ4n) is 2.98. The van der Waals surface area contributed by atoms with Crippen LogP contribution < -0.4 is 5.56 Å². The van der Waals surface area contributed by atoms with E-state index in [2.05, 4.69) is 5.10 Å². The summed E-state index contributed by atoms with van der Waals surface area (Å²) in [7, 11) is 0. The number of aromatic nitrogens is 2. The second kappa shape index (κ2) is 8.70. The fraction of sp³-hybridized carbons (Fsp3) is 0.136. The van der Waals surface area contributed by atoms with Gasteiger partial charge in [-0.3, -0.25) is 9.59 Å². The van der Waals surface area contributed by atoms with Crippen LogP contribution >= 0.6 is 11.3 Å². The first-order valence-corrected chi connectivity index (χ1v) is 10.0. The SMILES string of the molecule is O=C(c1ccc(=O)n(Cc2ccccc2)n1)N(Cc1ccco1)Cc1cccs1. The van der Waals surface area contributed by atoms with E-state index in [4.69, 9.17) is 4.42 Å². The smallest absolute Gasteiger partial charge is 0.275 e. The molecule has 0 atom stereocenters. The van der Waals surface area contributed by atoms with E-state index in [9.17, 15) is 9.59 Å². The van der Waals surface area contributed by atoms with Crippen LogP contribution in [0.2, 0.25) is 0 Å². The molecule has 7 heteroatoms. The number of rotatable bonds is 7. The lowest BCUT2D eigenvalue weighted by Gasteiger charge is -2.21. The summed E-state index contributed by atoms with van der Waals surface area (Å²) in [6.45, 7) is 1.07. The summed E-state index contributed by atoms with van der Waals surface area (Å²) >= 11 is 1.58. The maximum Gasteiger partial charge on any atom is 0.275 e. The first-order valence-electron chi connectivity index (χ1n) is 9.15. The lowest BCUT2D eigenvalue weighted by atomic mass is 10.2. The van der Waals surface area contributed by atoms with Gasteiger partial charge in [-0.1, -0.05) is 36.4 Å². The summed E-state index contributed by atoms with van der Waals surface area (Å²) in [6, 6.07) is 20.0. The van der Waals surface area contributed by atoms with Gasteiger partial charge in [0.1, 0.15) is 11.5 Å². The molecule has 146 valence electrons. The van der Waals surface area contributed by atoms with Crippen molar-refractivity contribution >= 4 is 17.2 Å². The maximum atomic E-state index is 13.2. The van der Waals surface area contributed by atoms with Gasteiger partial charge in [0.25, 0.3) is 11.5 Å². The highest BCUT2D eigenvalue weighted by Gasteiger charge is 2.20. The van der Waals surface area contributed by atoms with E-state index >= 15 is 0 Å². The number of carbonyl (C=O) groups excluding carboxylic acids is 1. The van der Waals surface area contributed by atoms with Gasteiger partial charge >= 0.3 is 0 Å². The summed E-state index contributed by atoms with van der Waals surface area (Å²) in [6.07, 6.45) is 1.58. The summed E-state index contributed by atoms with van der Waals surface area (Å²) in [5.41, 5.74) is 0.919. The molecule has 29 heavy (non-hydrogen) atoms. The highest BCUT2D eigenvalue weighted by Crippen LogP contribution is 2.17. The average molecular weight is 405 g/mol. The molecule has 0 aliphatic carbocycles. The summed E-state index contributed by atoms with van der Waals surface area (Å²) < 4.78 is 6.74. The first kappa shape index (κ1) is 18.9. The van der Waals surface area contributed by atoms with E-state index in [1.807, 2.05) is 53.9 Å². The largest absolute Gasteiger partial charge is 0.467 e. The van der Waals surface area contributed by atoms with Crippen LogP contribution in [-0.4, -0.2) is 20.6 Å². The van der Waals surface area contributed by atoms with E-state index in [-0.39, 0.29) is 17.2 Å². The maximum absolute atomic E-state index is 13.2. The van der Waals surface area contributed by atoms with Crippen molar-refractivity contribution in [2.24, 2.45) is 0 Å². The van der Waals surface area contributed by atoms with E-state index in [1.165, 1.54) is 16.8 Å². The molecule has 6 nitrogen and oxygen atoms in total. The predicted octanol–water partition coefficient (Wildman–Crippen LogP) is 3.79. The van der Waals surface area contributed by atoms with Crippen LogP contribution in [0.1, 0.15) is 26.7 Å². The quantitative estimate of drug-likeness (QED) is 0.469. The van der Waals surface area contributed by atoms with Gasteiger partial charge in [0.15, 0.2) is 0 Å². The van der Waals surface area contributed by atoms with Crippen molar-refractivity contribution in [1.82, 2.24) is 14.7 Å². The zero-order valence-electron chi connectivity index (χ0n) is 15.6. The van der Waals surface area contributed by atoms with Crippen LogP contribution in [-0.2, 0) is 19.6 Å². The molecule has 0 saturated heterocycles. The number of amides is 1. The lowest BCUT2D eigenvalue weighted by molar-refractivity contribution is 0.0710. The Morgan fingerprint density at radius 3 is 2.59 bits per heavy atom. The van der Waals surface area contributed by atoms with Crippen molar-refractivity contribution < 1.29 is 9.21 Å². The van der Waals surface area contributed by atoms with Crippen molar-refractivity contribution in [2.75, 3.05) is 0 Å². The molecule has 0 aliphatic rings. The van der Waals surface area contributed by atoms with Gasteiger partial charge in [-0.15, -0.1) is 11.3 Å². The normalized spacial score (nSPS) is 10.8. The van der Waals surface area contributed by atoms with Gasteiger partial charge in [0, 0.05) is 10.9 Å². The molecule has 1 amide bonds. The minimum atomic E-state index is -0.253. The first-order chi connectivity index (χ1) is 14.2. The summed E-state index contributed by atoms with van der Waals surface area (Å²) in [5.74, 6) is 0.434. The monoisotopic (exact) mass is 405 g/mol. The Morgan fingerprint density at radius 1 is 1.00 bits per heavy atom. The van der Waals surface area contributed by atoms with Gasteiger partial charge < -0.3 is 9.32 Å². The Labute approximate surface area is 171 Å². The Hall–Kier alpha value is -3.45. The number of benzene rings is 1. The minimum Gasteiger partial charge on any atom is -0.467 e. The molecule has 0 spiro atoms. The third-order valence-electron chi connectivity index (χ3n) is 4.40.